The summed E-state index contributed by atoms with van der Waals surface area (Å²) in [6, 6.07) is 7.28. The van der Waals surface area contributed by atoms with E-state index in [-0.39, 0.29) is 46.1 Å². The lowest BCUT2D eigenvalue weighted by Crippen LogP contribution is -2.26. The van der Waals surface area contributed by atoms with Crippen LogP contribution in [0.25, 0.3) is 0 Å². The molecule has 1 aliphatic heterocycles. The zero-order valence-electron chi connectivity index (χ0n) is 20.7. The first-order chi connectivity index (χ1) is 16.8. The summed E-state index contributed by atoms with van der Waals surface area (Å²) in [5.41, 5.74) is 2.25. The van der Waals surface area contributed by atoms with Gasteiger partial charge in [-0.1, -0.05) is 40.7 Å². The molecule has 0 aromatic heterocycles. The number of nitrogens with zero attached hydrogens (tertiary/aromatic N) is 3. The summed E-state index contributed by atoms with van der Waals surface area (Å²) in [5.74, 6) is -0.203. The molecule has 192 valence electrons. The second-order valence-electron chi connectivity index (χ2n) is 10.2. The lowest BCUT2D eigenvalue weighted by Gasteiger charge is -2.33. The van der Waals surface area contributed by atoms with Gasteiger partial charge < -0.3 is 14.2 Å². The number of nitrogens with one attached hydrogen (secondary N) is 1. The Bertz CT molecular complexity index is 1220. The van der Waals surface area contributed by atoms with Gasteiger partial charge in [0.15, 0.2) is 23.9 Å². The highest BCUT2D eigenvalue weighted by molar-refractivity contribution is 5.88. The SMILES string of the molecule is CC(C)(C)CC(C)(C)c1ccc(OCC(=O)N/N=C/c2cc3c(cc2[N+](=O)[O-])OCO3)c([N+](=O)[O-])c1. The third-order valence-electron chi connectivity index (χ3n) is 5.38. The molecule has 0 atom stereocenters. The maximum Gasteiger partial charge on any atom is 0.311 e. The van der Waals surface area contributed by atoms with Crippen molar-refractivity contribution < 1.29 is 28.9 Å². The van der Waals surface area contributed by atoms with E-state index in [1.54, 1.807) is 6.07 Å². The fraction of sp³-hybridized carbons (Fsp3) is 0.417. The first-order valence-electron chi connectivity index (χ1n) is 11.1. The summed E-state index contributed by atoms with van der Waals surface area (Å²) in [5, 5.41) is 26.7. The number of amides is 1. The molecular weight excluding hydrogens is 472 g/mol. The number of nitro groups is 2. The number of carbonyl (C=O) groups is 1. The number of fused-ring (bicyclic) bond motifs is 1. The van der Waals surface area contributed by atoms with Crippen LogP contribution in [0.4, 0.5) is 11.4 Å². The van der Waals surface area contributed by atoms with E-state index in [0.717, 1.165) is 18.2 Å². The van der Waals surface area contributed by atoms with Gasteiger partial charge in [-0.2, -0.15) is 5.10 Å². The lowest BCUT2D eigenvalue weighted by atomic mass is 9.72. The van der Waals surface area contributed by atoms with E-state index in [0.29, 0.717) is 5.75 Å². The second kappa shape index (κ2) is 10.2. The van der Waals surface area contributed by atoms with Gasteiger partial charge in [0, 0.05) is 6.07 Å². The maximum atomic E-state index is 12.2. The molecule has 3 rings (SSSR count). The van der Waals surface area contributed by atoms with Crippen molar-refractivity contribution in [1.29, 1.82) is 0 Å². The number of carbonyl (C=O) groups excluding carboxylic acids is 1. The number of ether oxygens (including phenoxy) is 3. The number of hydrogen-bond acceptors (Lipinski definition) is 9. The zero-order chi connectivity index (χ0) is 26.7. The van der Waals surface area contributed by atoms with Crippen LogP contribution in [0.2, 0.25) is 0 Å². The highest BCUT2D eigenvalue weighted by atomic mass is 16.7. The average molecular weight is 501 g/mol. The van der Waals surface area contributed by atoms with E-state index in [1.165, 1.54) is 24.3 Å². The van der Waals surface area contributed by atoms with Crippen molar-refractivity contribution in [3.63, 3.8) is 0 Å². The number of benzene rings is 2. The van der Waals surface area contributed by atoms with Crippen LogP contribution in [0.3, 0.4) is 0 Å². The fourth-order valence-electron chi connectivity index (χ4n) is 4.19. The van der Waals surface area contributed by atoms with Gasteiger partial charge >= 0.3 is 5.69 Å². The molecule has 1 heterocycles. The Morgan fingerprint density at radius 2 is 1.69 bits per heavy atom. The summed E-state index contributed by atoms with van der Waals surface area (Å²) >= 11 is 0. The Balaban J connectivity index is 1.67. The number of nitro benzene ring substituents is 2. The summed E-state index contributed by atoms with van der Waals surface area (Å²) in [6.45, 7) is 9.75. The van der Waals surface area contributed by atoms with Crippen molar-refractivity contribution in [3.05, 3.63) is 61.7 Å². The second-order valence-corrected chi connectivity index (χ2v) is 10.2. The minimum Gasteiger partial charge on any atom is -0.477 e. The summed E-state index contributed by atoms with van der Waals surface area (Å²) < 4.78 is 15.7. The molecule has 36 heavy (non-hydrogen) atoms. The van der Waals surface area contributed by atoms with Crippen LogP contribution in [0, 0.1) is 25.6 Å². The predicted octanol–water partition coefficient (Wildman–Crippen LogP) is 4.47. The van der Waals surface area contributed by atoms with Gasteiger partial charge in [-0.3, -0.25) is 25.0 Å². The van der Waals surface area contributed by atoms with E-state index >= 15 is 0 Å². The molecule has 2 aromatic rings. The Morgan fingerprint density at radius 3 is 2.31 bits per heavy atom. The topological polar surface area (TPSA) is 155 Å². The molecule has 0 saturated heterocycles. The minimum atomic E-state index is -0.707. The van der Waals surface area contributed by atoms with Crippen LogP contribution in [0.5, 0.6) is 17.2 Å². The highest BCUT2D eigenvalue weighted by Crippen LogP contribution is 2.40. The van der Waals surface area contributed by atoms with Crippen LogP contribution >= 0.6 is 0 Å². The molecule has 0 unspecified atom stereocenters. The van der Waals surface area contributed by atoms with Crippen LogP contribution in [0.1, 0.15) is 52.2 Å². The van der Waals surface area contributed by atoms with Gasteiger partial charge in [0.25, 0.3) is 11.6 Å². The van der Waals surface area contributed by atoms with Crippen LogP contribution in [0.15, 0.2) is 35.4 Å². The monoisotopic (exact) mass is 500 g/mol. The van der Waals surface area contributed by atoms with Crippen molar-refractivity contribution in [3.8, 4) is 17.2 Å². The van der Waals surface area contributed by atoms with Gasteiger partial charge in [0.05, 0.1) is 27.7 Å². The predicted molar refractivity (Wildman–Crippen MR) is 131 cm³/mol. The molecule has 0 aliphatic carbocycles. The molecule has 12 heteroatoms. The Hall–Kier alpha value is -4.22. The van der Waals surface area contributed by atoms with Gasteiger partial charge in [-0.05, 0) is 34.9 Å². The molecule has 2 aromatic carbocycles. The third-order valence-corrected chi connectivity index (χ3v) is 5.38. The Morgan fingerprint density at radius 1 is 1.06 bits per heavy atom. The molecule has 0 fully saturated rings. The Labute approximate surface area is 207 Å². The summed E-state index contributed by atoms with van der Waals surface area (Å²) in [4.78, 5) is 34.0. The summed E-state index contributed by atoms with van der Waals surface area (Å²) in [7, 11) is 0. The molecular formula is C24H28N4O8. The molecule has 1 N–H and O–H groups in total. The van der Waals surface area contributed by atoms with E-state index in [4.69, 9.17) is 14.2 Å². The Kier molecular flexibility index (Phi) is 7.46. The van der Waals surface area contributed by atoms with Crippen LogP contribution in [-0.4, -0.2) is 35.4 Å². The molecule has 0 saturated carbocycles. The molecule has 1 amide bonds. The van der Waals surface area contributed by atoms with Gasteiger partial charge in [-0.15, -0.1) is 0 Å². The molecule has 0 spiro atoms. The first kappa shape index (κ1) is 26.4. The van der Waals surface area contributed by atoms with E-state index in [9.17, 15) is 25.0 Å². The van der Waals surface area contributed by atoms with Gasteiger partial charge in [0.2, 0.25) is 6.79 Å². The zero-order valence-corrected chi connectivity index (χ0v) is 20.7. The average Bonchev–Trinajstić information content (AvgIpc) is 3.22. The van der Waals surface area contributed by atoms with Crippen molar-refractivity contribution in [2.24, 2.45) is 10.5 Å². The summed E-state index contributed by atoms with van der Waals surface area (Å²) in [6.07, 6.45) is 1.89. The first-order valence-corrected chi connectivity index (χ1v) is 11.1. The highest BCUT2D eigenvalue weighted by Gasteiger charge is 2.30. The third kappa shape index (κ3) is 6.46. The normalized spacial score (nSPS) is 13.0. The smallest absolute Gasteiger partial charge is 0.311 e. The van der Waals surface area contributed by atoms with Crippen molar-refractivity contribution >= 4 is 23.5 Å². The molecule has 12 nitrogen and oxygen atoms in total. The van der Waals surface area contributed by atoms with Crippen molar-refractivity contribution in [2.75, 3.05) is 13.4 Å². The van der Waals surface area contributed by atoms with E-state index in [2.05, 4.69) is 31.3 Å². The molecule has 0 radical (unpaired) electrons. The molecule has 1 aliphatic rings. The lowest BCUT2D eigenvalue weighted by molar-refractivity contribution is -0.385. The fourth-order valence-corrected chi connectivity index (χ4v) is 4.19. The minimum absolute atomic E-state index is 0.0209. The molecule has 0 bridgehead atoms. The number of rotatable bonds is 9. The van der Waals surface area contributed by atoms with Gasteiger partial charge in [0.1, 0.15) is 0 Å². The number of hydrogen-bond donors (Lipinski definition) is 1. The van der Waals surface area contributed by atoms with E-state index < -0.39 is 22.4 Å². The largest absolute Gasteiger partial charge is 0.477 e. The maximum absolute atomic E-state index is 12.2. The van der Waals surface area contributed by atoms with Crippen LogP contribution < -0.4 is 19.6 Å². The quantitative estimate of drug-likeness (QED) is 0.300. The number of hydrazone groups is 1. The van der Waals surface area contributed by atoms with Crippen molar-refractivity contribution in [1.82, 2.24) is 5.43 Å². The van der Waals surface area contributed by atoms with Gasteiger partial charge in [-0.25, -0.2) is 5.43 Å². The van der Waals surface area contributed by atoms with E-state index in [1.807, 2.05) is 13.8 Å². The van der Waals surface area contributed by atoms with Crippen LogP contribution in [-0.2, 0) is 10.2 Å². The van der Waals surface area contributed by atoms with Crippen molar-refractivity contribution in [2.45, 2.75) is 46.5 Å². The standard InChI is InChI=1S/C24H28N4O8/c1-23(2,3)13-24(4,5)16-6-7-19(18(9-16)28(32)33)34-12-22(29)26-25-11-15-8-20-21(36-14-35-20)10-17(15)27(30)31/h6-11H,12-14H2,1-5H3,(H,26,29)/b25-11+.